The molecule has 3 N–H and O–H groups in total. The van der Waals surface area contributed by atoms with Crippen LogP contribution in [0, 0.1) is 0 Å². The molecule has 0 fully saturated rings. The number of nitrogens with zero attached hydrogens (tertiary/aromatic N) is 2. The minimum absolute atomic E-state index is 0.110. The van der Waals surface area contributed by atoms with Crippen molar-refractivity contribution >= 4 is 5.91 Å². The summed E-state index contributed by atoms with van der Waals surface area (Å²) in [5.41, 5.74) is 0.649. The number of para-hydroxylation sites is 1. The van der Waals surface area contributed by atoms with E-state index in [0.717, 1.165) is 0 Å². The van der Waals surface area contributed by atoms with Gasteiger partial charge in [-0.1, -0.05) is 32.0 Å². The average Bonchev–Trinajstić information content (AvgIpc) is 2.87. The van der Waals surface area contributed by atoms with Gasteiger partial charge in [-0.25, -0.2) is 4.98 Å². The molecule has 0 aliphatic heterocycles. The van der Waals surface area contributed by atoms with Gasteiger partial charge in [0.1, 0.15) is 11.6 Å². The number of hydrogen-bond acceptors (Lipinski definition) is 4. The Labute approximate surface area is 110 Å². The molecule has 0 aliphatic rings. The van der Waals surface area contributed by atoms with Crippen molar-refractivity contribution in [1.82, 2.24) is 20.5 Å². The van der Waals surface area contributed by atoms with Crippen LogP contribution in [0.15, 0.2) is 24.3 Å². The Kier molecular flexibility index (Phi) is 3.79. The molecule has 1 aromatic heterocycles. The van der Waals surface area contributed by atoms with Crippen LogP contribution < -0.4 is 5.32 Å². The number of carbonyl (C=O) groups is 1. The average molecular weight is 260 g/mol. The van der Waals surface area contributed by atoms with Crippen LogP contribution in [0.4, 0.5) is 0 Å². The van der Waals surface area contributed by atoms with E-state index in [4.69, 9.17) is 0 Å². The van der Waals surface area contributed by atoms with E-state index in [1.807, 2.05) is 13.8 Å². The molecule has 100 valence electrons. The molecule has 0 saturated heterocycles. The quantitative estimate of drug-likeness (QED) is 0.778. The Hall–Kier alpha value is -2.37. The molecular formula is C13H16N4O2. The van der Waals surface area contributed by atoms with Crippen LogP contribution in [0.3, 0.4) is 0 Å². The number of carbonyl (C=O) groups excluding carboxylic acids is 1. The number of aromatic nitrogens is 3. The predicted molar refractivity (Wildman–Crippen MR) is 69.7 cm³/mol. The number of amides is 1. The van der Waals surface area contributed by atoms with Gasteiger partial charge in [-0.05, 0) is 6.07 Å². The van der Waals surface area contributed by atoms with Crippen LogP contribution in [-0.2, 0) is 6.54 Å². The molecule has 2 aromatic rings. The number of aromatic amines is 1. The number of nitrogens with one attached hydrogen (secondary N) is 2. The molecule has 6 nitrogen and oxygen atoms in total. The van der Waals surface area contributed by atoms with E-state index in [2.05, 4.69) is 20.5 Å². The van der Waals surface area contributed by atoms with Gasteiger partial charge in [-0.2, -0.15) is 0 Å². The van der Waals surface area contributed by atoms with Gasteiger partial charge in [0.2, 0.25) is 5.82 Å². The monoisotopic (exact) mass is 260 g/mol. The lowest BCUT2D eigenvalue weighted by Gasteiger charge is -2.04. The summed E-state index contributed by atoms with van der Waals surface area (Å²) in [4.78, 5) is 15.9. The number of phenolic OH excluding ortho intramolecular Hbond substituents is 1. The highest BCUT2D eigenvalue weighted by atomic mass is 16.3. The van der Waals surface area contributed by atoms with Crippen molar-refractivity contribution < 1.29 is 9.90 Å². The first-order chi connectivity index (χ1) is 9.08. The van der Waals surface area contributed by atoms with Crippen molar-refractivity contribution in [2.75, 3.05) is 0 Å². The van der Waals surface area contributed by atoms with Crippen molar-refractivity contribution in [3.05, 3.63) is 41.5 Å². The summed E-state index contributed by atoms with van der Waals surface area (Å²) in [6.07, 6.45) is 0. The summed E-state index contributed by atoms with van der Waals surface area (Å²) in [6, 6.07) is 6.84. The van der Waals surface area contributed by atoms with Crippen molar-refractivity contribution in [2.45, 2.75) is 26.3 Å². The molecule has 0 saturated carbocycles. The summed E-state index contributed by atoms with van der Waals surface area (Å²) < 4.78 is 0. The molecule has 1 amide bonds. The van der Waals surface area contributed by atoms with E-state index in [9.17, 15) is 9.90 Å². The number of H-pyrrole nitrogens is 1. The molecule has 0 aliphatic carbocycles. The molecular weight excluding hydrogens is 244 g/mol. The Bertz CT molecular complexity index is 578. The van der Waals surface area contributed by atoms with E-state index in [0.29, 0.717) is 11.4 Å². The first-order valence-corrected chi connectivity index (χ1v) is 6.05. The summed E-state index contributed by atoms with van der Waals surface area (Å²) in [7, 11) is 0. The fraction of sp³-hybridized carbons (Fsp3) is 0.308. The third-order valence-electron chi connectivity index (χ3n) is 2.68. The van der Waals surface area contributed by atoms with Crippen LogP contribution in [-0.4, -0.2) is 26.2 Å². The number of rotatable bonds is 4. The van der Waals surface area contributed by atoms with Gasteiger partial charge < -0.3 is 10.4 Å². The first kappa shape index (κ1) is 13.1. The largest absolute Gasteiger partial charge is 0.508 e. The molecule has 0 atom stereocenters. The van der Waals surface area contributed by atoms with Crippen LogP contribution in [0.1, 0.15) is 41.8 Å². The minimum Gasteiger partial charge on any atom is -0.508 e. The Morgan fingerprint density at radius 1 is 1.42 bits per heavy atom. The summed E-state index contributed by atoms with van der Waals surface area (Å²) >= 11 is 0. The van der Waals surface area contributed by atoms with Crippen molar-refractivity contribution in [2.24, 2.45) is 0 Å². The van der Waals surface area contributed by atoms with Gasteiger partial charge >= 0.3 is 0 Å². The molecule has 0 radical (unpaired) electrons. The van der Waals surface area contributed by atoms with Crippen molar-refractivity contribution in [3.8, 4) is 5.75 Å². The zero-order valence-electron chi connectivity index (χ0n) is 10.8. The predicted octanol–water partition coefficient (Wildman–Crippen LogP) is 1.56. The Morgan fingerprint density at radius 3 is 2.79 bits per heavy atom. The number of benzene rings is 1. The van der Waals surface area contributed by atoms with Gasteiger partial charge in [0, 0.05) is 18.0 Å². The van der Waals surface area contributed by atoms with Crippen LogP contribution in [0.2, 0.25) is 0 Å². The molecule has 2 rings (SSSR count). The lowest BCUT2D eigenvalue weighted by molar-refractivity contribution is 0.0940. The van der Waals surface area contributed by atoms with Crippen LogP contribution in [0.5, 0.6) is 5.75 Å². The van der Waals surface area contributed by atoms with E-state index in [1.54, 1.807) is 24.3 Å². The fourth-order valence-electron chi connectivity index (χ4n) is 1.55. The summed E-state index contributed by atoms with van der Waals surface area (Å²) in [6.45, 7) is 4.16. The highest BCUT2D eigenvalue weighted by molar-refractivity contribution is 5.90. The third kappa shape index (κ3) is 3.09. The topological polar surface area (TPSA) is 90.9 Å². The first-order valence-electron chi connectivity index (χ1n) is 6.05. The molecule has 19 heavy (non-hydrogen) atoms. The molecule has 6 heteroatoms. The van der Waals surface area contributed by atoms with Crippen molar-refractivity contribution in [1.29, 1.82) is 0 Å². The third-order valence-corrected chi connectivity index (χ3v) is 2.68. The summed E-state index contributed by atoms with van der Waals surface area (Å²) in [5.74, 6) is 0.756. The maximum absolute atomic E-state index is 11.8. The zero-order chi connectivity index (χ0) is 13.8. The maximum Gasteiger partial charge on any atom is 0.291 e. The van der Waals surface area contributed by atoms with E-state index in [-0.39, 0.29) is 29.9 Å². The molecule has 0 spiro atoms. The number of hydrogen-bond donors (Lipinski definition) is 3. The maximum atomic E-state index is 11.8. The Balaban J connectivity index is 1.99. The summed E-state index contributed by atoms with van der Waals surface area (Å²) in [5, 5.41) is 18.8. The standard InChI is InChI=1S/C13H16N4O2/c1-8(2)11-15-12(17-16-11)13(19)14-7-9-5-3-4-6-10(9)18/h3-6,8,18H,7H2,1-2H3,(H,14,19)(H,15,16,17). The van der Waals surface area contributed by atoms with E-state index < -0.39 is 0 Å². The normalized spacial score (nSPS) is 10.7. The molecule has 0 unspecified atom stereocenters. The minimum atomic E-state index is -0.369. The Morgan fingerprint density at radius 2 is 2.16 bits per heavy atom. The SMILES string of the molecule is CC(C)c1nc(C(=O)NCc2ccccc2O)n[nH]1. The molecule has 1 heterocycles. The highest BCUT2D eigenvalue weighted by Gasteiger charge is 2.14. The lowest BCUT2D eigenvalue weighted by atomic mass is 10.2. The fourth-order valence-corrected chi connectivity index (χ4v) is 1.55. The second-order valence-corrected chi connectivity index (χ2v) is 4.51. The van der Waals surface area contributed by atoms with Gasteiger partial charge in [-0.3, -0.25) is 9.89 Å². The number of aromatic hydroxyl groups is 1. The second kappa shape index (κ2) is 5.51. The molecule has 0 bridgehead atoms. The van der Waals surface area contributed by atoms with Gasteiger partial charge in [0.15, 0.2) is 0 Å². The highest BCUT2D eigenvalue weighted by Crippen LogP contribution is 2.15. The van der Waals surface area contributed by atoms with Gasteiger partial charge in [-0.15, -0.1) is 5.10 Å². The van der Waals surface area contributed by atoms with Crippen molar-refractivity contribution in [3.63, 3.8) is 0 Å². The second-order valence-electron chi connectivity index (χ2n) is 4.51. The van der Waals surface area contributed by atoms with Gasteiger partial charge in [0.25, 0.3) is 5.91 Å². The van der Waals surface area contributed by atoms with E-state index in [1.165, 1.54) is 0 Å². The number of phenols is 1. The van der Waals surface area contributed by atoms with Crippen LogP contribution >= 0.6 is 0 Å². The smallest absolute Gasteiger partial charge is 0.291 e. The molecule has 1 aromatic carbocycles. The zero-order valence-corrected chi connectivity index (χ0v) is 10.8. The van der Waals surface area contributed by atoms with Gasteiger partial charge in [0.05, 0.1) is 0 Å². The van der Waals surface area contributed by atoms with E-state index >= 15 is 0 Å². The van der Waals surface area contributed by atoms with Crippen LogP contribution in [0.25, 0.3) is 0 Å². The lowest BCUT2D eigenvalue weighted by Crippen LogP contribution is -2.24.